The van der Waals surface area contributed by atoms with E-state index in [1.165, 1.54) is 32.1 Å². The highest BCUT2D eigenvalue weighted by Crippen LogP contribution is 2.20. The lowest BCUT2D eigenvalue weighted by molar-refractivity contribution is 0.266. The van der Waals surface area contributed by atoms with Crippen molar-refractivity contribution in [3.8, 4) is 5.75 Å². The molecule has 0 aliphatic rings. The molecule has 1 rings (SSSR count). The molecule has 0 spiro atoms. The molecule has 1 aromatic rings. The fraction of sp³-hybridized carbons (Fsp3) is 0.667. The van der Waals surface area contributed by atoms with Gasteiger partial charge < -0.3 is 10.1 Å². The Morgan fingerprint density at radius 1 is 1.10 bits per heavy atom. The second kappa shape index (κ2) is 10.7. The topological polar surface area (TPSA) is 21.3 Å². The number of unbranched alkanes of at least 4 members (excludes halogenated alkanes) is 1. The lowest BCUT2D eigenvalue weighted by Crippen LogP contribution is -2.29. The molecule has 0 radical (unpaired) electrons. The van der Waals surface area contributed by atoms with Gasteiger partial charge in [-0.15, -0.1) is 0 Å². The SMILES string of the molecule is CCCCC(CC)CC(CCOc1ccccc1)NC. The molecule has 0 aromatic heterocycles. The van der Waals surface area contributed by atoms with E-state index in [0.717, 1.165) is 24.7 Å². The predicted molar refractivity (Wildman–Crippen MR) is 87.3 cm³/mol. The third kappa shape index (κ3) is 6.95. The van der Waals surface area contributed by atoms with Gasteiger partial charge in [0.25, 0.3) is 0 Å². The Morgan fingerprint density at radius 2 is 1.85 bits per heavy atom. The third-order valence-electron chi connectivity index (χ3n) is 4.05. The largest absolute Gasteiger partial charge is 0.494 e. The van der Waals surface area contributed by atoms with Crippen molar-refractivity contribution in [1.82, 2.24) is 5.32 Å². The third-order valence-corrected chi connectivity index (χ3v) is 4.05. The summed E-state index contributed by atoms with van der Waals surface area (Å²) in [6.07, 6.45) is 7.66. The van der Waals surface area contributed by atoms with Gasteiger partial charge in [-0.25, -0.2) is 0 Å². The Balaban J connectivity index is 2.27. The molecule has 2 atom stereocenters. The number of benzene rings is 1. The molecule has 0 aliphatic carbocycles. The van der Waals surface area contributed by atoms with Crippen molar-refractivity contribution in [3.63, 3.8) is 0 Å². The van der Waals surface area contributed by atoms with E-state index in [4.69, 9.17) is 4.74 Å². The molecule has 0 bridgehead atoms. The van der Waals surface area contributed by atoms with Crippen LogP contribution in [-0.2, 0) is 0 Å². The zero-order chi connectivity index (χ0) is 14.6. The van der Waals surface area contributed by atoms with Crippen LogP contribution in [0.2, 0.25) is 0 Å². The summed E-state index contributed by atoms with van der Waals surface area (Å²) >= 11 is 0. The maximum Gasteiger partial charge on any atom is 0.119 e. The van der Waals surface area contributed by atoms with Crippen molar-refractivity contribution in [1.29, 1.82) is 0 Å². The van der Waals surface area contributed by atoms with Gasteiger partial charge in [0.15, 0.2) is 0 Å². The summed E-state index contributed by atoms with van der Waals surface area (Å²) < 4.78 is 5.79. The number of para-hydroxylation sites is 1. The van der Waals surface area contributed by atoms with Crippen LogP contribution in [0, 0.1) is 5.92 Å². The second-order valence-corrected chi connectivity index (χ2v) is 5.59. The minimum absolute atomic E-state index is 0.570. The molecule has 0 heterocycles. The van der Waals surface area contributed by atoms with Crippen molar-refractivity contribution in [3.05, 3.63) is 30.3 Å². The first kappa shape index (κ1) is 17.0. The zero-order valence-electron chi connectivity index (χ0n) is 13.4. The molecule has 2 nitrogen and oxygen atoms in total. The molecule has 0 amide bonds. The van der Waals surface area contributed by atoms with Gasteiger partial charge in [-0.3, -0.25) is 0 Å². The molecule has 1 aromatic carbocycles. The van der Waals surface area contributed by atoms with Crippen molar-refractivity contribution in [2.24, 2.45) is 5.92 Å². The smallest absolute Gasteiger partial charge is 0.119 e. The molecule has 2 heteroatoms. The maximum atomic E-state index is 5.79. The molecular formula is C18H31NO. The highest BCUT2D eigenvalue weighted by Gasteiger charge is 2.13. The second-order valence-electron chi connectivity index (χ2n) is 5.59. The Kier molecular flexibility index (Phi) is 9.14. The molecule has 114 valence electrons. The molecule has 0 fully saturated rings. The minimum atomic E-state index is 0.570. The van der Waals surface area contributed by atoms with Crippen LogP contribution in [0.3, 0.4) is 0 Å². The molecular weight excluding hydrogens is 246 g/mol. The van der Waals surface area contributed by atoms with E-state index in [9.17, 15) is 0 Å². The van der Waals surface area contributed by atoms with Gasteiger partial charge in [0.05, 0.1) is 6.61 Å². The van der Waals surface area contributed by atoms with Crippen LogP contribution in [0.5, 0.6) is 5.75 Å². The van der Waals surface area contributed by atoms with Gasteiger partial charge in [0.1, 0.15) is 5.75 Å². The molecule has 1 N–H and O–H groups in total. The van der Waals surface area contributed by atoms with Gasteiger partial charge >= 0.3 is 0 Å². The van der Waals surface area contributed by atoms with E-state index in [0.29, 0.717) is 6.04 Å². The highest BCUT2D eigenvalue weighted by molar-refractivity contribution is 5.20. The quantitative estimate of drug-likeness (QED) is 0.635. The number of nitrogens with one attached hydrogen (secondary N) is 1. The Labute approximate surface area is 124 Å². The Hall–Kier alpha value is -1.02. The highest BCUT2D eigenvalue weighted by atomic mass is 16.5. The lowest BCUT2D eigenvalue weighted by atomic mass is 9.91. The number of hydrogen-bond acceptors (Lipinski definition) is 2. The summed E-state index contributed by atoms with van der Waals surface area (Å²) in [7, 11) is 2.07. The van der Waals surface area contributed by atoms with Crippen LogP contribution in [0.4, 0.5) is 0 Å². The van der Waals surface area contributed by atoms with Crippen LogP contribution in [0.1, 0.15) is 52.4 Å². The van der Waals surface area contributed by atoms with Crippen molar-refractivity contribution < 1.29 is 4.74 Å². The zero-order valence-corrected chi connectivity index (χ0v) is 13.4. The monoisotopic (exact) mass is 277 g/mol. The molecule has 0 aliphatic heterocycles. The summed E-state index contributed by atoms with van der Waals surface area (Å²) in [6.45, 7) is 5.38. The van der Waals surface area contributed by atoms with E-state index in [1.54, 1.807) is 0 Å². The normalized spacial score (nSPS) is 13.9. The first-order chi connectivity index (χ1) is 9.80. The lowest BCUT2D eigenvalue weighted by Gasteiger charge is -2.22. The van der Waals surface area contributed by atoms with E-state index >= 15 is 0 Å². The summed E-state index contributed by atoms with van der Waals surface area (Å²) in [5.74, 6) is 1.82. The first-order valence-electron chi connectivity index (χ1n) is 8.15. The number of hydrogen-bond donors (Lipinski definition) is 1. The molecule has 2 unspecified atom stereocenters. The standard InChI is InChI=1S/C18H31NO/c1-4-6-10-16(5-2)15-17(19-3)13-14-20-18-11-8-7-9-12-18/h7-9,11-12,16-17,19H,4-6,10,13-15H2,1-3H3. The van der Waals surface area contributed by atoms with Gasteiger partial charge in [0, 0.05) is 6.04 Å². The van der Waals surface area contributed by atoms with Crippen LogP contribution < -0.4 is 10.1 Å². The Bertz CT molecular complexity index is 325. The fourth-order valence-corrected chi connectivity index (χ4v) is 2.60. The minimum Gasteiger partial charge on any atom is -0.494 e. The van der Waals surface area contributed by atoms with Crippen molar-refractivity contribution in [2.45, 2.75) is 58.4 Å². The van der Waals surface area contributed by atoms with Gasteiger partial charge in [-0.05, 0) is 37.9 Å². The first-order valence-corrected chi connectivity index (χ1v) is 8.15. The van der Waals surface area contributed by atoms with Crippen LogP contribution >= 0.6 is 0 Å². The molecule has 20 heavy (non-hydrogen) atoms. The van der Waals surface area contributed by atoms with Crippen molar-refractivity contribution in [2.75, 3.05) is 13.7 Å². The van der Waals surface area contributed by atoms with Gasteiger partial charge in [0.2, 0.25) is 0 Å². The van der Waals surface area contributed by atoms with Crippen LogP contribution in [-0.4, -0.2) is 19.7 Å². The van der Waals surface area contributed by atoms with Crippen molar-refractivity contribution >= 4 is 0 Å². The van der Waals surface area contributed by atoms with Gasteiger partial charge in [-0.2, -0.15) is 0 Å². The maximum absolute atomic E-state index is 5.79. The van der Waals surface area contributed by atoms with E-state index in [-0.39, 0.29) is 0 Å². The fourth-order valence-electron chi connectivity index (χ4n) is 2.60. The summed E-state index contributed by atoms with van der Waals surface area (Å²) in [5, 5.41) is 3.45. The summed E-state index contributed by atoms with van der Waals surface area (Å²) in [4.78, 5) is 0. The average molecular weight is 277 g/mol. The summed E-state index contributed by atoms with van der Waals surface area (Å²) in [6, 6.07) is 10.7. The Morgan fingerprint density at radius 3 is 2.45 bits per heavy atom. The van der Waals surface area contributed by atoms with E-state index in [2.05, 4.69) is 26.2 Å². The summed E-state index contributed by atoms with van der Waals surface area (Å²) in [5.41, 5.74) is 0. The van der Waals surface area contributed by atoms with E-state index < -0.39 is 0 Å². The molecule has 0 saturated carbocycles. The number of ether oxygens (including phenoxy) is 1. The van der Waals surface area contributed by atoms with Crippen LogP contribution in [0.15, 0.2) is 30.3 Å². The van der Waals surface area contributed by atoms with Crippen LogP contribution in [0.25, 0.3) is 0 Å². The van der Waals surface area contributed by atoms with E-state index in [1.807, 2.05) is 30.3 Å². The average Bonchev–Trinajstić information content (AvgIpc) is 2.50. The predicted octanol–water partition coefficient (Wildman–Crippen LogP) is 4.65. The molecule has 0 saturated heterocycles. The van der Waals surface area contributed by atoms with Gasteiger partial charge in [-0.1, -0.05) is 57.7 Å². The number of rotatable bonds is 11.